The summed E-state index contributed by atoms with van der Waals surface area (Å²) >= 11 is 1.95. The van der Waals surface area contributed by atoms with Crippen LogP contribution in [0.25, 0.3) is 0 Å². The van der Waals surface area contributed by atoms with E-state index < -0.39 is 0 Å². The molecule has 2 saturated heterocycles. The Hall–Kier alpha value is -1.30. The Labute approximate surface area is 142 Å². The summed E-state index contributed by atoms with van der Waals surface area (Å²) < 4.78 is 0. The quantitative estimate of drug-likeness (QED) is 0.845. The van der Waals surface area contributed by atoms with E-state index in [-0.39, 0.29) is 0 Å². The molecule has 0 N–H and O–H groups in total. The van der Waals surface area contributed by atoms with E-state index in [2.05, 4.69) is 26.7 Å². The van der Waals surface area contributed by atoms with Gasteiger partial charge in [-0.1, -0.05) is 6.92 Å². The minimum atomic E-state index is 0.354. The molecule has 23 heavy (non-hydrogen) atoms. The summed E-state index contributed by atoms with van der Waals surface area (Å²) in [5.41, 5.74) is 1.17. The Morgan fingerprint density at radius 3 is 2.43 bits per heavy atom. The monoisotopic (exact) mass is 334 g/mol. The highest BCUT2D eigenvalue weighted by Gasteiger charge is 2.25. The van der Waals surface area contributed by atoms with Crippen LogP contribution in [0.5, 0.6) is 0 Å². The number of hydrogen-bond acceptors (Lipinski definition) is 5. The molecule has 1 amide bonds. The van der Waals surface area contributed by atoms with E-state index in [0.717, 1.165) is 62.9 Å². The van der Waals surface area contributed by atoms with E-state index in [1.165, 1.54) is 5.56 Å². The molecular weight excluding hydrogens is 308 g/mol. The van der Waals surface area contributed by atoms with Gasteiger partial charge < -0.3 is 9.80 Å². The van der Waals surface area contributed by atoms with Crippen molar-refractivity contribution in [1.29, 1.82) is 0 Å². The molecule has 0 radical (unpaired) electrons. The van der Waals surface area contributed by atoms with Gasteiger partial charge in [0.1, 0.15) is 0 Å². The van der Waals surface area contributed by atoms with E-state index in [0.29, 0.717) is 18.2 Å². The van der Waals surface area contributed by atoms with Gasteiger partial charge in [-0.05, 0) is 30.7 Å². The summed E-state index contributed by atoms with van der Waals surface area (Å²) in [6.07, 6.45) is 7.66. The molecule has 0 saturated carbocycles. The number of aromatic nitrogens is 2. The predicted molar refractivity (Wildman–Crippen MR) is 94.9 cm³/mol. The van der Waals surface area contributed by atoms with Gasteiger partial charge in [0, 0.05) is 56.5 Å². The van der Waals surface area contributed by atoms with Gasteiger partial charge in [-0.15, -0.1) is 0 Å². The normalized spacial score (nSPS) is 19.9. The summed E-state index contributed by atoms with van der Waals surface area (Å²) in [5, 5.41) is 0. The molecule has 1 aromatic rings. The highest BCUT2D eigenvalue weighted by atomic mass is 32.2. The van der Waals surface area contributed by atoms with Crippen molar-refractivity contribution >= 4 is 23.6 Å². The highest BCUT2D eigenvalue weighted by molar-refractivity contribution is 7.99. The van der Waals surface area contributed by atoms with Gasteiger partial charge in [-0.25, -0.2) is 9.97 Å². The number of carbonyl (C=O) groups excluding carboxylic acids is 1. The fourth-order valence-corrected chi connectivity index (χ4v) is 4.12. The molecule has 0 aliphatic carbocycles. The second-order valence-corrected chi connectivity index (χ2v) is 7.60. The predicted octanol–water partition coefficient (Wildman–Crippen LogP) is 2.22. The zero-order valence-corrected chi connectivity index (χ0v) is 14.7. The van der Waals surface area contributed by atoms with Crippen LogP contribution >= 0.6 is 11.8 Å². The first-order valence-electron chi connectivity index (χ1n) is 8.67. The van der Waals surface area contributed by atoms with Crippen LogP contribution in [0.15, 0.2) is 12.4 Å². The molecule has 3 heterocycles. The average Bonchev–Trinajstić information content (AvgIpc) is 2.63. The summed E-state index contributed by atoms with van der Waals surface area (Å²) in [4.78, 5) is 25.6. The smallest absolute Gasteiger partial charge is 0.225 e. The van der Waals surface area contributed by atoms with Crippen molar-refractivity contribution in [3.05, 3.63) is 18.0 Å². The molecule has 0 unspecified atom stereocenters. The first kappa shape index (κ1) is 16.6. The van der Waals surface area contributed by atoms with E-state index in [1.54, 1.807) is 0 Å². The second kappa shape index (κ2) is 7.99. The van der Waals surface area contributed by atoms with Gasteiger partial charge in [0.05, 0.1) is 0 Å². The fourth-order valence-electron chi connectivity index (χ4n) is 3.22. The lowest BCUT2D eigenvalue weighted by Crippen LogP contribution is -2.41. The van der Waals surface area contributed by atoms with E-state index in [1.807, 2.05) is 24.2 Å². The first-order valence-corrected chi connectivity index (χ1v) is 9.83. The van der Waals surface area contributed by atoms with Crippen molar-refractivity contribution in [3.8, 4) is 0 Å². The van der Waals surface area contributed by atoms with Crippen molar-refractivity contribution < 1.29 is 4.79 Å². The standard InChI is InChI=1S/C17H26N4OS/c1-2-14-12-18-17(19-13-14)21-5-3-15(4-6-21)11-16(22)20-7-9-23-10-8-20/h12-13,15H,2-11H2,1H3. The Bertz CT molecular complexity index is 508. The SMILES string of the molecule is CCc1cnc(N2CCC(CC(=O)N3CCSCC3)CC2)nc1. The zero-order chi connectivity index (χ0) is 16.1. The molecule has 0 bridgehead atoms. The van der Waals surface area contributed by atoms with Crippen molar-refractivity contribution in [2.24, 2.45) is 5.92 Å². The fraction of sp³-hybridized carbons (Fsp3) is 0.706. The van der Waals surface area contributed by atoms with Crippen molar-refractivity contribution in [3.63, 3.8) is 0 Å². The number of amides is 1. The lowest BCUT2D eigenvalue weighted by Gasteiger charge is -2.33. The third-order valence-electron chi connectivity index (χ3n) is 4.82. The number of thioether (sulfide) groups is 1. The third kappa shape index (κ3) is 4.37. The van der Waals surface area contributed by atoms with Crippen molar-refractivity contribution in [1.82, 2.24) is 14.9 Å². The van der Waals surface area contributed by atoms with Gasteiger partial charge in [0.25, 0.3) is 0 Å². The molecule has 0 aromatic carbocycles. The van der Waals surface area contributed by atoms with Crippen LogP contribution in [-0.2, 0) is 11.2 Å². The van der Waals surface area contributed by atoms with E-state index >= 15 is 0 Å². The number of nitrogens with zero attached hydrogens (tertiary/aromatic N) is 4. The first-order chi connectivity index (χ1) is 11.3. The van der Waals surface area contributed by atoms with Gasteiger partial charge in [-0.2, -0.15) is 11.8 Å². The van der Waals surface area contributed by atoms with Crippen LogP contribution in [-0.4, -0.2) is 58.5 Å². The Morgan fingerprint density at radius 1 is 1.17 bits per heavy atom. The molecule has 3 rings (SSSR count). The Balaban J connectivity index is 1.46. The van der Waals surface area contributed by atoms with Crippen LogP contribution in [0.2, 0.25) is 0 Å². The Morgan fingerprint density at radius 2 is 1.83 bits per heavy atom. The zero-order valence-electron chi connectivity index (χ0n) is 13.9. The van der Waals surface area contributed by atoms with Crippen molar-refractivity contribution in [2.45, 2.75) is 32.6 Å². The summed E-state index contributed by atoms with van der Waals surface area (Å²) in [5.74, 6) is 3.89. The maximum Gasteiger partial charge on any atom is 0.225 e. The van der Waals surface area contributed by atoms with Gasteiger partial charge in [-0.3, -0.25) is 4.79 Å². The van der Waals surface area contributed by atoms with E-state index in [9.17, 15) is 4.79 Å². The summed E-state index contributed by atoms with van der Waals surface area (Å²) in [7, 11) is 0. The Kier molecular flexibility index (Phi) is 5.75. The maximum absolute atomic E-state index is 12.4. The van der Waals surface area contributed by atoms with Crippen LogP contribution in [0.3, 0.4) is 0 Å². The minimum Gasteiger partial charge on any atom is -0.341 e. The lowest BCUT2D eigenvalue weighted by molar-refractivity contribution is -0.132. The summed E-state index contributed by atoms with van der Waals surface area (Å²) in [6.45, 7) is 5.89. The second-order valence-electron chi connectivity index (χ2n) is 6.37. The number of piperidine rings is 1. The number of aryl methyl sites for hydroxylation is 1. The van der Waals surface area contributed by atoms with E-state index in [4.69, 9.17) is 0 Å². The maximum atomic E-state index is 12.4. The topological polar surface area (TPSA) is 49.3 Å². The average molecular weight is 334 g/mol. The van der Waals surface area contributed by atoms with Crippen LogP contribution < -0.4 is 4.90 Å². The van der Waals surface area contributed by atoms with Crippen LogP contribution in [0, 0.1) is 5.92 Å². The third-order valence-corrected chi connectivity index (χ3v) is 5.77. The van der Waals surface area contributed by atoms with Gasteiger partial charge >= 0.3 is 0 Å². The molecule has 2 aliphatic heterocycles. The molecular formula is C17H26N4OS. The molecule has 0 spiro atoms. The molecule has 5 nitrogen and oxygen atoms in total. The molecule has 2 aliphatic rings. The van der Waals surface area contributed by atoms with Crippen LogP contribution in [0.1, 0.15) is 31.7 Å². The summed E-state index contributed by atoms with van der Waals surface area (Å²) in [6, 6.07) is 0. The molecule has 1 aromatic heterocycles. The number of hydrogen-bond donors (Lipinski definition) is 0. The van der Waals surface area contributed by atoms with Crippen LogP contribution in [0.4, 0.5) is 5.95 Å². The highest BCUT2D eigenvalue weighted by Crippen LogP contribution is 2.24. The van der Waals surface area contributed by atoms with Gasteiger partial charge in [0.2, 0.25) is 11.9 Å². The van der Waals surface area contributed by atoms with Crippen molar-refractivity contribution in [2.75, 3.05) is 42.6 Å². The lowest BCUT2D eigenvalue weighted by atomic mass is 9.93. The minimum absolute atomic E-state index is 0.354. The number of carbonyl (C=O) groups is 1. The molecule has 0 atom stereocenters. The largest absolute Gasteiger partial charge is 0.341 e. The van der Waals surface area contributed by atoms with Gasteiger partial charge in [0.15, 0.2) is 0 Å². The number of rotatable bonds is 4. The molecule has 126 valence electrons. The number of anilines is 1. The molecule has 6 heteroatoms. The molecule has 2 fully saturated rings.